The molecule has 0 aliphatic carbocycles. The number of anilines is 2. The molecule has 0 aliphatic heterocycles. The summed E-state index contributed by atoms with van der Waals surface area (Å²) in [4.78, 5) is 12.6. The second-order valence-corrected chi connectivity index (χ2v) is 5.75. The van der Waals surface area contributed by atoms with Gasteiger partial charge in [0.2, 0.25) is 0 Å². The van der Waals surface area contributed by atoms with Crippen LogP contribution in [0.15, 0.2) is 48.8 Å². The lowest BCUT2D eigenvalue weighted by Gasteiger charge is -2.11. The van der Waals surface area contributed by atoms with E-state index in [9.17, 15) is 0 Å². The fourth-order valence-corrected chi connectivity index (χ4v) is 2.47. The van der Waals surface area contributed by atoms with E-state index in [1.807, 2.05) is 6.07 Å². The summed E-state index contributed by atoms with van der Waals surface area (Å²) < 4.78 is 0. The minimum Gasteiger partial charge on any atom is -0.298 e. The van der Waals surface area contributed by atoms with Crippen molar-refractivity contribution in [3.8, 4) is 11.4 Å². The van der Waals surface area contributed by atoms with Crippen LogP contribution in [0.1, 0.15) is 0 Å². The molecule has 0 bridgehead atoms. The van der Waals surface area contributed by atoms with E-state index in [1.54, 1.807) is 42.7 Å². The van der Waals surface area contributed by atoms with Gasteiger partial charge in [0.25, 0.3) is 0 Å². The molecule has 8 heteroatoms. The van der Waals surface area contributed by atoms with Crippen LogP contribution in [0.3, 0.4) is 0 Å². The summed E-state index contributed by atoms with van der Waals surface area (Å²) in [5.74, 6) is 0.965. The Kier molecular flexibility index (Phi) is 4.81. The zero-order chi connectivity index (χ0) is 16.2. The van der Waals surface area contributed by atoms with Crippen LogP contribution < -0.4 is 10.9 Å². The van der Waals surface area contributed by atoms with E-state index in [2.05, 4.69) is 25.8 Å². The Labute approximate surface area is 147 Å². The maximum absolute atomic E-state index is 6.10. The maximum Gasteiger partial charge on any atom is 0.164 e. The average Bonchev–Trinajstić information content (AvgIpc) is 2.54. The number of pyridine rings is 1. The van der Waals surface area contributed by atoms with E-state index in [0.29, 0.717) is 32.5 Å². The van der Waals surface area contributed by atoms with Crippen molar-refractivity contribution in [3.63, 3.8) is 0 Å². The molecule has 0 saturated carbocycles. The highest BCUT2D eigenvalue weighted by atomic mass is 35.5. The summed E-state index contributed by atoms with van der Waals surface area (Å²) in [5.41, 5.74) is 7.32. The third kappa shape index (κ3) is 4.01. The number of halogens is 3. The molecule has 23 heavy (non-hydrogen) atoms. The molecule has 0 spiro atoms. The topological polar surface area (TPSA) is 62.7 Å². The van der Waals surface area contributed by atoms with Crippen molar-refractivity contribution in [1.82, 2.24) is 15.0 Å². The van der Waals surface area contributed by atoms with Crippen LogP contribution in [0.5, 0.6) is 0 Å². The zero-order valence-electron chi connectivity index (χ0n) is 11.6. The molecular weight excluding hydrogens is 357 g/mol. The first-order valence-corrected chi connectivity index (χ1v) is 7.67. The highest BCUT2D eigenvalue weighted by molar-refractivity contribution is 6.36. The Morgan fingerprint density at radius 3 is 2.52 bits per heavy atom. The molecule has 5 nitrogen and oxygen atoms in total. The number of benzene rings is 1. The number of hydrogen-bond donors (Lipinski definition) is 2. The molecule has 2 N–H and O–H groups in total. The monoisotopic (exact) mass is 365 g/mol. The van der Waals surface area contributed by atoms with E-state index in [4.69, 9.17) is 34.8 Å². The number of rotatable bonds is 4. The molecule has 116 valence electrons. The summed E-state index contributed by atoms with van der Waals surface area (Å²) >= 11 is 18.0. The quantitative estimate of drug-likeness (QED) is 0.506. The van der Waals surface area contributed by atoms with Crippen LogP contribution >= 0.6 is 34.8 Å². The largest absolute Gasteiger partial charge is 0.298 e. The minimum absolute atomic E-state index is 0.311. The number of hydrogen-bond acceptors (Lipinski definition) is 5. The molecule has 1 aromatic carbocycles. The molecule has 0 atom stereocenters. The van der Waals surface area contributed by atoms with Gasteiger partial charge in [-0.3, -0.25) is 15.8 Å². The third-order valence-corrected chi connectivity index (χ3v) is 3.61. The van der Waals surface area contributed by atoms with Crippen LogP contribution in [0, 0.1) is 0 Å². The Hall–Kier alpha value is -2.08. The Morgan fingerprint density at radius 1 is 0.913 bits per heavy atom. The van der Waals surface area contributed by atoms with Crippen molar-refractivity contribution in [1.29, 1.82) is 0 Å². The van der Waals surface area contributed by atoms with Crippen molar-refractivity contribution in [3.05, 3.63) is 64.0 Å². The lowest BCUT2D eigenvalue weighted by molar-refractivity contribution is 1.15. The SMILES string of the molecule is Clc1ccc(NNc2cc(Cl)nc(-c3cccnc3)n2)c(Cl)c1. The van der Waals surface area contributed by atoms with Gasteiger partial charge in [0.15, 0.2) is 5.82 Å². The zero-order valence-corrected chi connectivity index (χ0v) is 13.9. The molecule has 3 rings (SSSR count). The Bertz CT molecular complexity index is 827. The normalized spacial score (nSPS) is 10.4. The second-order valence-electron chi connectivity index (χ2n) is 4.52. The fourth-order valence-electron chi connectivity index (χ4n) is 1.83. The lowest BCUT2D eigenvalue weighted by atomic mass is 10.3. The first-order valence-electron chi connectivity index (χ1n) is 6.54. The van der Waals surface area contributed by atoms with E-state index >= 15 is 0 Å². The fraction of sp³-hybridized carbons (Fsp3) is 0. The minimum atomic E-state index is 0.311. The number of nitrogens with one attached hydrogen (secondary N) is 2. The first kappa shape index (κ1) is 15.8. The predicted octanol–water partition coefficient (Wildman–Crippen LogP) is 4.94. The van der Waals surface area contributed by atoms with Gasteiger partial charge in [0.1, 0.15) is 11.0 Å². The van der Waals surface area contributed by atoms with Crippen molar-refractivity contribution in [2.24, 2.45) is 0 Å². The summed E-state index contributed by atoms with van der Waals surface area (Å²) in [6, 6.07) is 10.4. The van der Waals surface area contributed by atoms with Gasteiger partial charge in [-0.1, -0.05) is 34.8 Å². The number of aromatic nitrogens is 3. The lowest BCUT2D eigenvalue weighted by Crippen LogP contribution is -2.11. The summed E-state index contributed by atoms with van der Waals surface area (Å²) in [7, 11) is 0. The van der Waals surface area contributed by atoms with Gasteiger partial charge >= 0.3 is 0 Å². The van der Waals surface area contributed by atoms with Crippen molar-refractivity contribution >= 4 is 46.3 Å². The van der Waals surface area contributed by atoms with E-state index in [-0.39, 0.29) is 0 Å². The molecule has 0 amide bonds. The van der Waals surface area contributed by atoms with Crippen LogP contribution in [0.4, 0.5) is 11.5 Å². The highest BCUT2D eigenvalue weighted by Gasteiger charge is 2.07. The van der Waals surface area contributed by atoms with Gasteiger partial charge in [0, 0.05) is 29.0 Å². The summed E-state index contributed by atoms with van der Waals surface area (Å²) in [6.45, 7) is 0. The molecule has 0 saturated heterocycles. The van der Waals surface area contributed by atoms with Crippen LogP contribution in [0.25, 0.3) is 11.4 Å². The molecule has 0 fully saturated rings. The Balaban J connectivity index is 1.82. The van der Waals surface area contributed by atoms with Crippen molar-refractivity contribution in [2.75, 3.05) is 10.9 Å². The average molecular weight is 367 g/mol. The van der Waals surface area contributed by atoms with E-state index in [1.165, 1.54) is 0 Å². The summed E-state index contributed by atoms with van der Waals surface area (Å²) in [5, 5.41) is 1.35. The van der Waals surface area contributed by atoms with Gasteiger partial charge in [-0.25, -0.2) is 9.97 Å². The molecule has 0 unspecified atom stereocenters. The van der Waals surface area contributed by atoms with Crippen molar-refractivity contribution < 1.29 is 0 Å². The first-order chi connectivity index (χ1) is 11.1. The third-order valence-electron chi connectivity index (χ3n) is 2.87. The second kappa shape index (κ2) is 7.00. The van der Waals surface area contributed by atoms with Gasteiger partial charge in [-0.05, 0) is 30.3 Å². The van der Waals surface area contributed by atoms with E-state index < -0.39 is 0 Å². The van der Waals surface area contributed by atoms with Gasteiger partial charge in [-0.2, -0.15) is 0 Å². The molecule has 2 heterocycles. The molecule has 3 aromatic rings. The molecule has 2 aromatic heterocycles. The molecule has 0 aliphatic rings. The van der Waals surface area contributed by atoms with Crippen LogP contribution in [-0.2, 0) is 0 Å². The van der Waals surface area contributed by atoms with Crippen molar-refractivity contribution in [2.45, 2.75) is 0 Å². The Morgan fingerprint density at radius 2 is 1.78 bits per heavy atom. The maximum atomic E-state index is 6.10. The number of nitrogens with zero attached hydrogens (tertiary/aromatic N) is 3. The number of hydrazine groups is 1. The van der Waals surface area contributed by atoms with Gasteiger partial charge < -0.3 is 0 Å². The molecular formula is C15H10Cl3N5. The van der Waals surface area contributed by atoms with Gasteiger partial charge in [0.05, 0.1) is 10.7 Å². The highest BCUT2D eigenvalue weighted by Crippen LogP contribution is 2.26. The summed E-state index contributed by atoms with van der Waals surface area (Å²) in [6.07, 6.45) is 3.34. The smallest absolute Gasteiger partial charge is 0.164 e. The molecule has 0 radical (unpaired) electrons. The standard InChI is InChI=1S/C15H10Cl3N5/c16-10-3-4-12(11(17)6-10)22-23-14-7-13(18)20-15(21-14)9-2-1-5-19-8-9/h1-8,22H,(H,20,21,23). The predicted molar refractivity (Wildman–Crippen MR) is 94.0 cm³/mol. The van der Waals surface area contributed by atoms with Gasteiger partial charge in [-0.15, -0.1) is 0 Å². The van der Waals surface area contributed by atoms with Crippen LogP contribution in [-0.4, -0.2) is 15.0 Å². The van der Waals surface area contributed by atoms with Crippen LogP contribution in [0.2, 0.25) is 15.2 Å². The van der Waals surface area contributed by atoms with E-state index in [0.717, 1.165) is 5.56 Å².